The van der Waals surface area contributed by atoms with E-state index in [0.29, 0.717) is 5.03 Å². The highest BCUT2D eigenvalue weighted by Gasteiger charge is 2.11. The zero-order valence-corrected chi connectivity index (χ0v) is 16.3. The lowest BCUT2D eigenvalue weighted by molar-refractivity contribution is -0.113. The lowest BCUT2D eigenvalue weighted by Crippen LogP contribution is -2.22. The molecule has 0 unspecified atom stereocenters. The summed E-state index contributed by atoms with van der Waals surface area (Å²) in [4.78, 5) is 29.1. The smallest absolute Gasteiger partial charge is 0.287 e. The molecule has 0 spiro atoms. The number of hydrogen-bond donors (Lipinski definition) is 1. The minimum absolute atomic E-state index is 0.119. The predicted octanol–water partition coefficient (Wildman–Crippen LogP) is 3.89. The van der Waals surface area contributed by atoms with Crippen LogP contribution in [0.5, 0.6) is 0 Å². The first-order valence-corrected chi connectivity index (χ1v) is 9.57. The van der Waals surface area contributed by atoms with Crippen molar-refractivity contribution in [2.24, 2.45) is 0 Å². The van der Waals surface area contributed by atoms with E-state index in [2.05, 4.69) is 10.3 Å². The first-order valence-electron chi connectivity index (χ1n) is 8.58. The number of aryl methyl sites for hydroxylation is 3. The molecule has 0 atom stereocenters. The van der Waals surface area contributed by atoms with Gasteiger partial charge in [0.05, 0.1) is 5.75 Å². The molecule has 2 aromatic carbocycles. The van der Waals surface area contributed by atoms with Crippen molar-refractivity contribution in [3.63, 3.8) is 0 Å². The number of aromatic nitrogens is 2. The fourth-order valence-corrected chi connectivity index (χ4v) is 3.36. The molecule has 5 nitrogen and oxygen atoms in total. The topological polar surface area (TPSA) is 64.0 Å². The molecule has 3 rings (SSSR count). The molecule has 138 valence electrons. The van der Waals surface area contributed by atoms with E-state index in [0.717, 1.165) is 39.8 Å². The molecule has 0 saturated heterocycles. The molecule has 0 radical (unpaired) electrons. The number of nitrogens with zero attached hydrogens (tertiary/aromatic N) is 2. The Hall–Kier alpha value is -2.86. The van der Waals surface area contributed by atoms with Crippen molar-refractivity contribution in [3.8, 4) is 5.69 Å². The van der Waals surface area contributed by atoms with Crippen molar-refractivity contribution in [1.29, 1.82) is 0 Å². The molecule has 6 heteroatoms. The lowest BCUT2D eigenvalue weighted by atomic mass is 10.1. The Morgan fingerprint density at radius 1 is 1.11 bits per heavy atom. The summed E-state index contributed by atoms with van der Waals surface area (Å²) in [6, 6.07) is 13.6. The van der Waals surface area contributed by atoms with Gasteiger partial charge in [0, 0.05) is 23.8 Å². The average Bonchev–Trinajstić information content (AvgIpc) is 2.64. The Morgan fingerprint density at radius 3 is 2.67 bits per heavy atom. The molecule has 1 heterocycles. The van der Waals surface area contributed by atoms with Crippen molar-refractivity contribution in [2.45, 2.75) is 25.8 Å². The standard InChI is InChI=1S/C21H21N3O2S/c1-14-5-4-6-17(11-14)24-10-9-22-20(21(24)26)27-13-19(25)23-18-12-15(2)7-8-16(18)3/h4-12H,13H2,1-3H3,(H,23,25). The summed E-state index contributed by atoms with van der Waals surface area (Å²) in [6.45, 7) is 5.90. The van der Waals surface area contributed by atoms with Crippen LogP contribution < -0.4 is 10.9 Å². The second-order valence-electron chi connectivity index (χ2n) is 6.40. The van der Waals surface area contributed by atoms with E-state index in [4.69, 9.17) is 0 Å². The van der Waals surface area contributed by atoms with Crippen LogP contribution in [0.3, 0.4) is 0 Å². The van der Waals surface area contributed by atoms with Gasteiger partial charge in [-0.15, -0.1) is 0 Å². The van der Waals surface area contributed by atoms with Gasteiger partial charge in [-0.05, 0) is 55.7 Å². The van der Waals surface area contributed by atoms with Gasteiger partial charge in [0.15, 0.2) is 5.03 Å². The van der Waals surface area contributed by atoms with Gasteiger partial charge >= 0.3 is 0 Å². The van der Waals surface area contributed by atoms with Gasteiger partial charge in [-0.1, -0.05) is 36.0 Å². The van der Waals surface area contributed by atoms with E-state index in [1.807, 2.05) is 63.2 Å². The third-order valence-corrected chi connectivity index (χ3v) is 5.06. The number of hydrogen-bond acceptors (Lipinski definition) is 4. The molecule has 1 N–H and O–H groups in total. The first kappa shape index (κ1) is 18.9. The summed E-state index contributed by atoms with van der Waals surface area (Å²) in [6.07, 6.45) is 3.21. The van der Waals surface area contributed by atoms with Crippen molar-refractivity contribution in [2.75, 3.05) is 11.1 Å². The zero-order chi connectivity index (χ0) is 19.4. The van der Waals surface area contributed by atoms with Crippen LogP contribution in [0.15, 0.2) is 64.7 Å². The molecule has 0 aliphatic carbocycles. The molecule has 0 aliphatic heterocycles. The van der Waals surface area contributed by atoms with Gasteiger partial charge in [-0.3, -0.25) is 14.2 Å². The van der Waals surface area contributed by atoms with Crippen LogP contribution in [0.4, 0.5) is 5.69 Å². The average molecular weight is 379 g/mol. The SMILES string of the molecule is Cc1cccc(-n2ccnc(SCC(=O)Nc3cc(C)ccc3C)c2=O)c1. The third kappa shape index (κ3) is 4.65. The van der Waals surface area contributed by atoms with E-state index in [9.17, 15) is 9.59 Å². The molecule has 0 saturated carbocycles. The van der Waals surface area contributed by atoms with Crippen LogP contribution in [0.1, 0.15) is 16.7 Å². The number of thioether (sulfide) groups is 1. The fraction of sp³-hybridized carbons (Fsp3) is 0.190. The highest BCUT2D eigenvalue weighted by Crippen LogP contribution is 2.18. The summed E-state index contributed by atoms with van der Waals surface area (Å²) in [7, 11) is 0. The number of nitrogens with one attached hydrogen (secondary N) is 1. The Bertz CT molecular complexity index is 1040. The molecule has 3 aromatic rings. The molecule has 0 aliphatic rings. The number of anilines is 1. The van der Waals surface area contributed by atoms with Gasteiger partial charge in [0.2, 0.25) is 5.91 Å². The van der Waals surface area contributed by atoms with Gasteiger partial charge in [-0.2, -0.15) is 0 Å². The van der Waals surface area contributed by atoms with Crippen LogP contribution in [0.2, 0.25) is 0 Å². The molecule has 1 amide bonds. The Balaban J connectivity index is 1.73. The number of benzene rings is 2. The number of amides is 1. The van der Waals surface area contributed by atoms with Crippen LogP contribution in [-0.2, 0) is 4.79 Å². The van der Waals surface area contributed by atoms with E-state index < -0.39 is 0 Å². The highest BCUT2D eigenvalue weighted by atomic mass is 32.2. The van der Waals surface area contributed by atoms with E-state index in [-0.39, 0.29) is 17.2 Å². The van der Waals surface area contributed by atoms with Crippen molar-refractivity contribution in [3.05, 3.63) is 81.9 Å². The summed E-state index contributed by atoms with van der Waals surface area (Å²) < 4.78 is 1.55. The number of rotatable bonds is 5. The van der Waals surface area contributed by atoms with Gasteiger partial charge in [0.25, 0.3) is 5.56 Å². The Morgan fingerprint density at radius 2 is 1.89 bits per heavy atom. The quantitative estimate of drug-likeness (QED) is 0.683. The first-order chi connectivity index (χ1) is 12.9. The van der Waals surface area contributed by atoms with Crippen molar-refractivity contribution in [1.82, 2.24) is 9.55 Å². The van der Waals surface area contributed by atoms with Crippen LogP contribution in [0, 0.1) is 20.8 Å². The zero-order valence-electron chi connectivity index (χ0n) is 15.5. The predicted molar refractivity (Wildman–Crippen MR) is 110 cm³/mol. The molecule has 1 aromatic heterocycles. The Kier molecular flexibility index (Phi) is 5.76. The van der Waals surface area contributed by atoms with Gasteiger partial charge in [-0.25, -0.2) is 4.98 Å². The Labute approximate surface area is 162 Å². The van der Waals surface area contributed by atoms with E-state index in [1.54, 1.807) is 17.0 Å². The number of carbonyl (C=O) groups is 1. The number of carbonyl (C=O) groups excluding carboxylic acids is 1. The highest BCUT2D eigenvalue weighted by molar-refractivity contribution is 7.99. The second-order valence-corrected chi connectivity index (χ2v) is 7.37. The second kappa shape index (κ2) is 8.22. The monoisotopic (exact) mass is 379 g/mol. The molecule has 0 bridgehead atoms. The third-order valence-electron chi connectivity index (χ3n) is 4.10. The van der Waals surface area contributed by atoms with Crippen molar-refractivity contribution < 1.29 is 4.79 Å². The van der Waals surface area contributed by atoms with E-state index in [1.165, 1.54) is 0 Å². The fourth-order valence-electron chi connectivity index (χ4n) is 2.66. The molecule has 27 heavy (non-hydrogen) atoms. The summed E-state index contributed by atoms with van der Waals surface area (Å²) >= 11 is 1.14. The van der Waals surface area contributed by atoms with Gasteiger partial charge in [0.1, 0.15) is 0 Å². The summed E-state index contributed by atoms with van der Waals surface area (Å²) in [5.41, 5.74) is 4.49. The van der Waals surface area contributed by atoms with Crippen LogP contribution in [-0.4, -0.2) is 21.2 Å². The van der Waals surface area contributed by atoms with Crippen molar-refractivity contribution >= 4 is 23.4 Å². The summed E-state index contributed by atoms with van der Waals surface area (Å²) in [5.74, 6) is -0.0474. The van der Waals surface area contributed by atoms with Crippen LogP contribution in [0.25, 0.3) is 5.69 Å². The lowest BCUT2D eigenvalue weighted by Gasteiger charge is -2.10. The minimum atomic E-state index is -0.229. The van der Waals surface area contributed by atoms with E-state index >= 15 is 0 Å². The molecular formula is C21H21N3O2S. The maximum Gasteiger partial charge on any atom is 0.287 e. The molecular weight excluding hydrogens is 358 g/mol. The largest absolute Gasteiger partial charge is 0.325 e. The summed E-state index contributed by atoms with van der Waals surface area (Å²) in [5, 5.41) is 3.20. The normalized spacial score (nSPS) is 10.6. The van der Waals surface area contributed by atoms with Crippen LogP contribution >= 0.6 is 11.8 Å². The van der Waals surface area contributed by atoms with Gasteiger partial charge < -0.3 is 5.32 Å². The maximum absolute atomic E-state index is 12.7. The minimum Gasteiger partial charge on any atom is -0.325 e. The molecule has 0 fully saturated rings. The maximum atomic E-state index is 12.7.